The molecule has 4 heteroatoms. The smallest absolute Gasteiger partial charge is 0.227 e. The van der Waals surface area contributed by atoms with Gasteiger partial charge in [-0.1, -0.05) is 6.92 Å². The van der Waals surface area contributed by atoms with Crippen molar-refractivity contribution in [3.05, 3.63) is 21.9 Å². The fraction of sp³-hybridized carbons (Fsp3) is 0.667. The maximum Gasteiger partial charge on any atom is 0.227 e. The predicted molar refractivity (Wildman–Crippen MR) is 78.0 cm³/mol. The van der Waals surface area contributed by atoms with Gasteiger partial charge in [-0.2, -0.15) is 0 Å². The summed E-state index contributed by atoms with van der Waals surface area (Å²) in [5.41, 5.74) is 7.17. The second kappa shape index (κ2) is 5.25. The first kappa shape index (κ1) is 13.1. The molecule has 1 aromatic heterocycles. The largest absolute Gasteiger partial charge is 0.335 e. The van der Waals surface area contributed by atoms with Gasteiger partial charge in [0.05, 0.1) is 12.0 Å². The number of amides is 1. The van der Waals surface area contributed by atoms with E-state index in [0.29, 0.717) is 18.5 Å². The van der Waals surface area contributed by atoms with Gasteiger partial charge in [-0.15, -0.1) is 11.3 Å². The van der Waals surface area contributed by atoms with E-state index in [2.05, 4.69) is 23.3 Å². The van der Waals surface area contributed by atoms with Crippen LogP contribution in [0.3, 0.4) is 0 Å². The number of nitrogens with two attached hydrogens (primary N) is 1. The van der Waals surface area contributed by atoms with Crippen molar-refractivity contribution in [1.29, 1.82) is 0 Å². The van der Waals surface area contributed by atoms with E-state index in [-0.39, 0.29) is 11.8 Å². The Labute approximate surface area is 118 Å². The molecule has 1 aliphatic carbocycles. The first-order valence-electron chi connectivity index (χ1n) is 7.33. The molecule has 1 aromatic rings. The summed E-state index contributed by atoms with van der Waals surface area (Å²) in [5.74, 6) is 0.966. The highest BCUT2D eigenvalue weighted by Gasteiger charge is 2.42. The number of carbonyl (C=O) groups excluding carboxylic acids is 1. The van der Waals surface area contributed by atoms with Gasteiger partial charge in [0, 0.05) is 18.0 Å². The molecule has 1 aliphatic heterocycles. The third-order valence-electron chi connectivity index (χ3n) is 4.49. The number of rotatable bonds is 4. The van der Waals surface area contributed by atoms with Crippen LogP contribution >= 0.6 is 11.3 Å². The molecule has 1 fully saturated rings. The van der Waals surface area contributed by atoms with Gasteiger partial charge in [-0.3, -0.25) is 4.79 Å². The predicted octanol–water partition coefficient (Wildman–Crippen LogP) is 2.57. The molecule has 0 aromatic carbocycles. The van der Waals surface area contributed by atoms with Crippen molar-refractivity contribution < 1.29 is 4.79 Å². The minimum absolute atomic E-state index is 0.00133. The van der Waals surface area contributed by atoms with Crippen molar-refractivity contribution in [3.8, 4) is 0 Å². The van der Waals surface area contributed by atoms with Crippen LogP contribution < -0.4 is 5.73 Å². The number of fused-ring (bicyclic) bond motifs is 1. The lowest BCUT2D eigenvalue weighted by molar-refractivity contribution is -0.138. The monoisotopic (exact) mass is 278 g/mol. The van der Waals surface area contributed by atoms with Crippen LogP contribution in [0, 0.1) is 11.8 Å². The molecular weight excluding hydrogens is 256 g/mol. The summed E-state index contributed by atoms with van der Waals surface area (Å²) >= 11 is 1.85. The third kappa shape index (κ3) is 2.32. The van der Waals surface area contributed by atoms with Crippen molar-refractivity contribution in [2.75, 3.05) is 13.1 Å². The van der Waals surface area contributed by atoms with E-state index >= 15 is 0 Å². The Kier molecular flexibility index (Phi) is 3.63. The number of hydrogen-bond donors (Lipinski definition) is 1. The van der Waals surface area contributed by atoms with E-state index in [4.69, 9.17) is 5.73 Å². The Bertz CT molecular complexity index is 462. The van der Waals surface area contributed by atoms with Gasteiger partial charge in [-0.05, 0) is 48.6 Å². The van der Waals surface area contributed by atoms with Gasteiger partial charge in [0.25, 0.3) is 0 Å². The summed E-state index contributed by atoms with van der Waals surface area (Å²) in [7, 11) is 0. The van der Waals surface area contributed by atoms with Gasteiger partial charge < -0.3 is 10.6 Å². The Morgan fingerprint density at radius 3 is 3.00 bits per heavy atom. The molecule has 3 nitrogen and oxygen atoms in total. The molecule has 3 rings (SSSR count). The molecule has 2 heterocycles. The fourth-order valence-electron chi connectivity index (χ4n) is 3.19. The molecule has 2 unspecified atom stereocenters. The summed E-state index contributed by atoms with van der Waals surface area (Å²) in [4.78, 5) is 16.3. The quantitative estimate of drug-likeness (QED) is 0.920. The van der Waals surface area contributed by atoms with Gasteiger partial charge >= 0.3 is 0 Å². The van der Waals surface area contributed by atoms with Crippen molar-refractivity contribution in [3.63, 3.8) is 0 Å². The van der Waals surface area contributed by atoms with Crippen LogP contribution in [0.15, 0.2) is 11.4 Å². The van der Waals surface area contributed by atoms with Crippen LogP contribution in [0.2, 0.25) is 0 Å². The van der Waals surface area contributed by atoms with Crippen molar-refractivity contribution in [2.24, 2.45) is 17.6 Å². The maximum absolute atomic E-state index is 12.7. The van der Waals surface area contributed by atoms with Gasteiger partial charge in [0.15, 0.2) is 0 Å². The minimum Gasteiger partial charge on any atom is -0.335 e. The van der Waals surface area contributed by atoms with E-state index in [1.807, 2.05) is 11.3 Å². The summed E-state index contributed by atoms with van der Waals surface area (Å²) in [6.07, 6.45) is 4.40. The second-order valence-electron chi connectivity index (χ2n) is 5.70. The first-order chi connectivity index (χ1) is 9.26. The normalized spacial score (nSPS) is 24.1. The van der Waals surface area contributed by atoms with Gasteiger partial charge in [-0.25, -0.2) is 0 Å². The van der Waals surface area contributed by atoms with Crippen LogP contribution in [-0.2, 0) is 11.2 Å². The van der Waals surface area contributed by atoms with Crippen LogP contribution in [0.1, 0.15) is 42.7 Å². The zero-order valence-corrected chi connectivity index (χ0v) is 12.3. The van der Waals surface area contributed by atoms with E-state index in [9.17, 15) is 4.79 Å². The zero-order chi connectivity index (χ0) is 13.4. The van der Waals surface area contributed by atoms with E-state index < -0.39 is 0 Å². The number of thiophene rings is 1. The maximum atomic E-state index is 12.7. The lowest BCUT2D eigenvalue weighted by Gasteiger charge is -2.38. The molecule has 0 spiro atoms. The summed E-state index contributed by atoms with van der Waals surface area (Å²) in [6, 6.07) is 2.56. The molecule has 1 amide bonds. The van der Waals surface area contributed by atoms with E-state index in [1.54, 1.807) is 0 Å². The molecule has 2 atom stereocenters. The van der Waals surface area contributed by atoms with Crippen LogP contribution in [0.25, 0.3) is 0 Å². The SMILES string of the molecule is CCC(CN)C(=O)N1CCc2sccc2C1C1CC1. The molecule has 104 valence electrons. The van der Waals surface area contributed by atoms with Crippen LogP contribution in [0.4, 0.5) is 0 Å². The second-order valence-corrected chi connectivity index (χ2v) is 6.70. The third-order valence-corrected chi connectivity index (χ3v) is 5.49. The molecular formula is C15H22N2OS. The summed E-state index contributed by atoms with van der Waals surface area (Å²) < 4.78 is 0. The Hall–Kier alpha value is -0.870. The lowest BCUT2D eigenvalue weighted by atomic mass is 9.93. The van der Waals surface area contributed by atoms with Crippen molar-refractivity contribution >= 4 is 17.2 Å². The Balaban J connectivity index is 1.87. The topological polar surface area (TPSA) is 46.3 Å². The van der Waals surface area contributed by atoms with Crippen LogP contribution in [0.5, 0.6) is 0 Å². The molecule has 0 radical (unpaired) electrons. The summed E-state index contributed by atoms with van der Waals surface area (Å²) in [5, 5.41) is 2.17. The van der Waals surface area contributed by atoms with Crippen molar-refractivity contribution in [1.82, 2.24) is 4.90 Å². The van der Waals surface area contributed by atoms with Crippen molar-refractivity contribution in [2.45, 2.75) is 38.6 Å². The fourth-order valence-corrected chi connectivity index (χ4v) is 4.10. The highest BCUT2D eigenvalue weighted by molar-refractivity contribution is 7.10. The van der Waals surface area contributed by atoms with Crippen LogP contribution in [-0.4, -0.2) is 23.9 Å². The Morgan fingerprint density at radius 2 is 2.37 bits per heavy atom. The van der Waals surface area contributed by atoms with Gasteiger partial charge in [0.1, 0.15) is 0 Å². The van der Waals surface area contributed by atoms with E-state index in [1.165, 1.54) is 23.3 Å². The molecule has 2 N–H and O–H groups in total. The minimum atomic E-state index is 0.00133. The number of nitrogens with zero attached hydrogens (tertiary/aromatic N) is 1. The highest BCUT2D eigenvalue weighted by Crippen LogP contribution is 2.48. The standard InChI is InChI=1S/C15H22N2OS/c1-2-10(9-16)15(18)17-7-5-13-12(6-8-19-13)14(17)11-3-4-11/h6,8,10-11,14H,2-5,7,9,16H2,1H3. The molecule has 19 heavy (non-hydrogen) atoms. The average Bonchev–Trinajstić information content (AvgIpc) is 3.15. The number of carbonyl (C=O) groups is 1. The molecule has 0 saturated heterocycles. The van der Waals surface area contributed by atoms with E-state index in [0.717, 1.165) is 19.4 Å². The van der Waals surface area contributed by atoms with Gasteiger partial charge in [0.2, 0.25) is 5.91 Å². The molecule has 1 saturated carbocycles. The first-order valence-corrected chi connectivity index (χ1v) is 8.21. The Morgan fingerprint density at radius 1 is 1.58 bits per heavy atom. The zero-order valence-electron chi connectivity index (χ0n) is 11.5. The molecule has 0 bridgehead atoms. The average molecular weight is 278 g/mol. The number of hydrogen-bond acceptors (Lipinski definition) is 3. The summed E-state index contributed by atoms with van der Waals surface area (Å²) in [6.45, 7) is 3.41. The highest BCUT2D eigenvalue weighted by atomic mass is 32.1. The lowest BCUT2D eigenvalue weighted by Crippen LogP contribution is -2.45. The molecule has 2 aliphatic rings.